The van der Waals surface area contributed by atoms with Crippen LogP contribution in [-0.2, 0) is 0 Å². The largest absolute Gasteiger partial charge is 0.506 e. The number of hydrogen-bond donors (Lipinski definition) is 3. The van der Waals surface area contributed by atoms with Gasteiger partial charge >= 0.3 is 0 Å². The van der Waals surface area contributed by atoms with Gasteiger partial charge in [-0.05, 0) is 18.2 Å². The zero-order valence-electron chi connectivity index (χ0n) is 16.4. The molecule has 0 radical (unpaired) electrons. The molecular weight excluding hydrogens is 409 g/mol. The molecule has 5 heterocycles. The van der Waals surface area contributed by atoms with Gasteiger partial charge in [0.2, 0.25) is 0 Å². The van der Waals surface area contributed by atoms with Gasteiger partial charge in [-0.25, -0.2) is 9.37 Å². The molecule has 9 heteroatoms. The highest BCUT2D eigenvalue weighted by Crippen LogP contribution is 2.33. The fourth-order valence-corrected chi connectivity index (χ4v) is 3.74. The number of imidazole rings is 1. The van der Waals surface area contributed by atoms with E-state index in [4.69, 9.17) is 4.98 Å². The van der Waals surface area contributed by atoms with Crippen LogP contribution in [0, 0.1) is 5.82 Å². The van der Waals surface area contributed by atoms with Gasteiger partial charge in [-0.2, -0.15) is 5.10 Å². The van der Waals surface area contributed by atoms with Crippen molar-refractivity contribution in [3.63, 3.8) is 0 Å². The van der Waals surface area contributed by atoms with Gasteiger partial charge in [0, 0.05) is 34.5 Å². The first-order chi connectivity index (χ1) is 15.7. The predicted molar refractivity (Wildman–Crippen MR) is 117 cm³/mol. The second kappa shape index (κ2) is 6.95. The van der Waals surface area contributed by atoms with E-state index >= 15 is 0 Å². The van der Waals surface area contributed by atoms with Crippen LogP contribution in [0.3, 0.4) is 0 Å². The lowest BCUT2D eigenvalue weighted by Crippen LogP contribution is -1.87. The van der Waals surface area contributed by atoms with Crippen LogP contribution in [0.25, 0.3) is 55.8 Å². The van der Waals surface area contributed by atoms with Gasteiger partial charge < -0.3 is 10.1 Å². The van der Waals surface area contributed by atoms with Crippen LogP contribution >= 0.6 is 0 Å². The molecule has 0 saturated heterocycles. The molecule has 0 atom stereocenters. The molecule has 1 aromatic carbocycles. The van der Waals surface area contributed by atoms with Crippen LogP contribution in [0.4, 0.5) is 4.39 Å². The Bertz CT molecular complexity index is 1620. The number of aromatic amines is 2. The average molecular weight is 423 g/mol. The molecule has 154 valence electrons. The van der Waals surface area contributed by atoms with Crippen molar-refractivity contribution in [1.82, 2.24) is 35.1 Å². The topological polar surface area (TPSA) is 116 Å². The maximum absolute atomic E-state index is 14.4. The summed E-state index contributed by atoms with van der Waals surface area (Å²) in [6, 6.07) is 9.98. The van der Waals surface area contributed by atoms with E-state index in [1.807, 2.05) is 6.07 Å². The lowest BCUT2D eigenvalue weighted by molar-refractivity contribution is 0.473. The fraction of sp³-hybridized carbons (Fsp3) is 0. The predicted octanol–water partition coefficient (Wildman–Crippen LogP) is 4.47. The summed E-state index contributed by atoms with van der Waals surface area (Å²) in [6.07, 6.45) is 7.91. The third kappa shape index (κ3) is 2.87. The van der Waals surface area contributed by atoms with Crippen molar-refractivity contribution in [3.8, 4) is 39.7 Å². The Hall–Kier alpha value is -4.66. The average Bonchev–Trinajstić information content (AvgIpc) is 3.43. The molecule has 32 heavy (non-hydrogen) atoms. The molecule has 0 spiro atoms. The van der Waals surface area contributed by atoms with Gasteiger partial charge in [0.1, 0.15) is 22.8 Å². The standard InChI is InChI=1S/C23H14FN7O/c24-17-4-2-1-3-14(17)16-9-26-10-20-21(16)29-23(28-20)22-15-6-18(27-11-19(15)30-31-22)12-5-13(32)8-25-7-12/h1-11,32H,(H,28,29)(H,30,31). The lowest BCUT2D eigenvalue weighted by Gasteiger charge is -2.03. The van der Waals surface area contributed by atoms with E-state index in [1.54, 1.807) is 49.1 Å². The number of aromatic nitrogens is 7. The Labute approximate surface area is 179 Å². The molecule has 0 unspecified atom stereocenters. The molecule has 0 bridgehead atoms. The number of pyridine rings is 3. The highest BCUT2D eigenvalue weighted by Gasteiger charge is 2.17. The minimum Gasteiger partial charge on any atom is -0.506 e. The van der Waals surface area contributed by atoms with Gasteiger partial charge in [0.25, 0.3) is 0 Å². The van der Waals surface area contributed by atoms with Crippen molar-refractivity contribution >= 4 is 21.9 Å². The Morgan fingerprint density at radius 3 is 2.62 bits per heavy atom. The number of aromatic hydroxyl groups is 1. The zero-order chi connectivity index (χ0) is 21.7. The molecule has 8 nitrogen and oxygen atoms in total. The van der Waals surface area contributed by atoms with E-state index in [9.17, 15) is 9.50 Å². The normalized spacial score (nSPS) is 11.4. The van der Waals surface area contributed by atoms with Crippen LogP contribution in [-0.4, -0.2) is 40.2 Å². The summed E-state index contributed by atoms with van der Waals surface area (Å²) in [5, 5.41) is 17.9. The number of nitrogens with one attached hydrogen (secondary N) is 2. The number of rotatable bonds is 3. The number of nitrogens with zero attached hydrogens (tertiary/aromatic N) is 5. The van der Waals surface area contributed by atoms with Crippen molar-refractivity contribution in [2.75, 3.05) is 0 Å². The molecule has 0 aliphatic rings. The summed E-state index contributed by atoms with van der Waals surface area (Å²) in [5.41, 5.74) is 4.92. The minimum atomic E-state index is -0.341. The Morgan fingerprint density at radius 2 is 1.75 bits per heavy atom. The maximum atomic E-state index is 14.4. The van der Waals surface area contributed by atoms with Gasteiger partial charge in [-0.3, -0.25) is 20.1 Å². The minimum absolute atomic E-state index is 0.0577. The Morgan fingerprint density at radius 1 is 0.875 bits per heavy atom. The summed E-state index contributed by atoms with van der Waals surface area (Å²) in [7, 11) is 0. The first-order valence-corrected chi connectivity index (χ1v) is 9.75. The molecule has 6 aromatic rings. The summed E-state index contributed by atoms with van der Waals surface area (Å²) in [6.45, 7) is 0. The molecule has 0 saturated carbocycles. The molecule has 5 aromatic heterocycles. The summed E-state index contributed by atoms with van der Waals surface area (Å²) in [5.74, 6) is 0.234. The summed E-state index contributed by atoms with van der Waals surface area (Å²) >= 11 is 0. The van der Waals surface area contributed by atoms with Crippen molar-refractivity contribution in [1.29, 1.82) is 0 Å². The number of benzene rings is 1. The van der Waals surface area contributed by atoms with Crippen LogP contribution < -0.4 is 0 Å². The van der Waals surface area contributed by atoms with Gasteiger partial charge in [0.15, 0.2) is 5.82 Å². The van der Waals surface area contributed by atoms with Crippen molar-refractivity contribution in [2.45, 2.75) is 0 Å². The van der Waals surface area contributed by atoms with Crippen molar-refractivity contribution in [3.05, 3.63) is 73.2 Å². The second-order valence-corrected chi connectivity index (χ2v) is 7.27. The third-order valence-corrected chi connectivity index (χ3v) is 5.25. The molecule has 6 rings (SSSR count). The highest BCUT2D eigenvalue weighted by atomic mass is 19.1. The van der Waals surface area contributed by atoms with Crippen LogP contribution in [0.5, 0.6) is 5.75 Å². The number of halogens is 1. The monoisotopic (exact) mass is 423 g/mol. The van der Waals surface area contributed by atoms with Gasteiger partial charge in [-0.15, -0.1) is 0 Å². The maximum Gasteiger partial charge on any atom is 0.159 e. The van der Waals surface area contributed by atoms with E-state index in [0.717, 1.165) is 10.9 Å². The zero-order valence-corrected chi connectivity index (χ0v) is 16.4. The molecular formula is C23H14FN7O. The lowest BCUT2D eigenvalue weighted by atomic mass is 10.1. The van der Waals surface area contributed by atoms with Crippen molar-refractivity contribution in [2.24, 2.45) is 0 Å². The molecule has 0 aliphatic heterocycles. The highest BCUT2D eigenvalue weighted by molar-refractivity contribution is 5.97. The van der Waals surface area contributed by atoms with Gasteiger partial charge in [-0.1, -0.05) is 18.2 Å². The van der Waals surface area contributed by atoms with E-state index in [0.29, 0.717) is 44.9 Å². The summed E-state index contributed by atoms with van der Waals surface area (Å²) in [4.78, 5) is 20.6. The SMILES string of the molecule is Oc1cncc(-c2cc3c(-c4nc5c(-c6ccccc6F)cncc5[nH]4)n[nH]c3cn2)c1. The third-order valence-electron chi connectivity index (χ3n) is 5.25. The number of fused-ring (bicyclic) bond motifs is 2. The van der Waals surface area contributed by atoms with E-state index in [1.165, 1.54) is 12.3 Å². The Kier molecular flexibility index (Phi) is 3.94. The van der Waals surface area contributed by atoms with Crippen LogP contribution in [0.2, 0.25) is 0 Å². The Balaban J connectivity index is 1.52. The number of hydrogen-bond acceptors (Lipinski definition) is 6. The molecule has 0 aliphatic carbocycles. The quantitative estimate of drug-likeness (QED) is 0.387. The van der Waals surface area contributed by atoms with Crippen molar-refractivity contribution < 1.29 is 9.50 Å². The molecule has 0 fully saturated rings. The second-order valence-electron chi connectivity index (χ2n) is 7.27. The first-order valence-electron chi connectivity index (χ1n) is 9.75. The van der Waals surface area contributed by atoms with Crippen LogP contribution in [0.1, 0.15) is 0 Å². The first kappa shape index (κ1) is 18.1. The van der Waals surface area contributed by atoms with E-state index in [-0.39, 0.29) is 11.6 Å². The molecule has 0 amide bonds. The number of H-pyrrole nitrogens is 2. The smallest absolute Gasteiger partial charge is 0.159 e. The van der Waals surface area contributed by atoms with E-state index in [2.05, 4.69) is 30.1 Å². The van der Waals surface area contributed by atoms with E-state index < -0.39 is 0 Å². The molecule has 3 N–H and O–H groups in total. The fourth-order valence-electron chi connectivity index (χ4n) is 3.74. The van der Waals surface area contributed by atoms with Crippen LogP contribution in [0.15, 0.2) is 67.4 Å². The summed E-state index contributed by atoms with van der Waals surface area (Å²) < 4.78 is 14.4. The van der Waals surface area contributed by atoms with Gasteiger partial charge in [0.05, 0.1) is 35.3 Å².